The summed E-state index contributed by atoms with van der Waals surface area (Å²) < 4.78 is 5.10. The summed E-state index contributed by atoms with van der Waals surface area (Å²) in [6.07, 6.45) is 4.28. The molecule has 6 heteroatoms. The fraction of sp³-hybridized carbons (Fsp3) is 0.500. The van der Waals surface area contributed by atoms with Crippen molar-refractivity contribution in [3.63, 3.8) is 0 Å². The van der Waals surface area contributed by atoms with Crippen LogP contribution in [0.2, 0.25) is 0 Å². The Morgan fingerprint density at radius 1 is 1.23 bits per heavy atom. The van der Waals surface area contributed by atoms with Gasteiger partial charge in [-0.2, -0.15) is 0 Å². The lowest BCUT2D eigenvalue weighted by molar-refractivity contribution is -0.119. The van der Waals surface area contributed by atoms with Gasteiger partial charge in [0.1, 0.15) is 5.75 Å². The predicted octanol–water partition coefficient (Wildman–Crippen LogP) is 2.94. The maximum absolute atomic E-state index is 12.0. The Hall–Kier alpha value is -1.69. The lowest BCUT2D eigenvalue weighted by Gasteiger charge is -2.15. The van der Waals surface area contributed by atoms with Gasteiger partial charge >= 0.3 is 6.03 Å². The van der Waals surface area contributed by atoms with Crippen molar-refractivity contribution < 1.29 is 14.3 Å². The fourth-order valence-electron chi connectivity index (χ4n) is 2.42. The summed E-state index contributed by atoms with van der Waals surface area (Å²) in [7, 11) is 1.61. The molecule has 1 fully saturated rings. The van der Waals surface area contributed by atoms with E-state index in [-0.39, 0.29) is 23.2 Å². The summed E-state index contributed by atoms with van der Waals surface area (Å²) in [5.74, 6) is 0.494. The van der Waals surface area contributed by atoms with Crippen LogP contribution >= 0.6 is 11.8 Å². The molecule has 0 saturated heterocycles. The first kappa shape index (κ1) is 16.7. The van der Waals surface area contributed by atoms with E-state index in [0.717, 1.165) is 36.3 Å². The van der Waals surface area contributed by atoms with Crippen LogP contribution in [0.3, 0.4) is 0 Å². The molecule has 0 spiro atoms. The van der Waals surface area contributed by atoms with Gasteiger partial charge in [0.05, 0.1) is 12.4 Å². The molecule has 120 valence electrons. The van der Waals surface area contributed by atoms with E-state index in [1.807, 2.05) is 24.3 Å². The summed E-state index contributed by atoms with van der Waals surface area (Å²) in [5, 5.41) is 4.92. The van der Waals surface area contributed by atoms with Crippen LogP contribution < -0.4 is 15.4 Å². The van der Waals surface area contributed by atoms with Crippen molar-refractivity contribution >= 4 is 23.7 Å². The normalized spacial score (nSPS) is 16.1. The smallest absolute Gasteiger partial charge is 0.321 e. The van der Waals surface area contributed by atoms with E-state index < -0.39 is 0 Å². The third-order valence-electron chi connectivity index (χ3n) is 3.67. The topological polar surface area (TPSA) is 67.4 Å². The summed E-state index contributed by atoms with van der Waals surface area (Å²) >= 11 is 1.41. The van der Waals surface area contributed by atoms with Crippen LogP contribution in [0.25, 0.3) is 0 Å². The van der Waals surface area contributed by atoms with E-state index in [0.29, 0.717) is 0 Å². The van der Waals surface area contributed by atoms with Gasteiger partial charge in [0, 0.05) is 10.9 Å². The van der Waals surface area contributed by atoms with Crippen LogP contribution in [0, 0.1) is 0 Å². The second kappa shape index (κ2) is 8.08. The van der Waals surface area contributed by atoms with Crippen molar-refractivity contribution in [2.45, 2.75) is 48.8 Å². The van der Waals surface area contributed by atoms with Crippen molar-refractivity contribution in [1.82, 2.24) is 10.6 Å². The highest BCUT2D eigenvalue weighted by Crippen LogP contribution is 2.25. The van der Waals surface area contributed by atoms with Crippen molar-refractivity contribution in [2.24, 2.45) is 0 Å². The molecule has 0 aliphatic heterocycles. The third kappa shape index (κ3) is 4.94. The molecule has 3 amide bonds. The lowest BCUT2D eigenvalue weighted by atomic mass is 10.2. The van der Waals surface area contributed by atoms with Gasteiger partial charge in [-0.05, 0) is 44.0 Å². The molecule has 1 aliphatic carbocycles. The van der Waals surface area contributed by atoms with Gasteiger partial charge in [-0.1, -0.05) is 12.8 Å². The maximum atomic E-state index is 12.0. The highest BCUT2D eigenvalue weighted by atomic mass is 32.2. The van der Waals surface area contributed by atoms with E-state index in [4.69, 9.17) is 4.74 Å². The molecule has 2 N–H and O–H groups in total. The zero-order valence-corrected chi connectivity index (χ0v) is 13.7. The minimum absolute atomic E-state index is 0.206. The maximum Gasteiger partial charge on any atom is 0.321 e. The molecule has 1 aromatic carbocycles. The number of ether oxygens (including phenoxy) is 1. The van der Waals surface area contributed by atoms with E-state index in [1.54, 1.807) is 14.0 Å². The number of amides is 3. The van der Waals surface area contributed by atoms with E-state index in [9.17, 15) is 9.59 Å². The molecule has 22 heavy (non-hydrogen) atoms. The third-order valence-corrected chi connectivity index (χ3v) is 4.78. The van der Waals surface area contributed by atoms with Crippen LogP contribution in [-0.2, 0) is 4.79 Å². The van der Waals surface area contributed by atoms with Gasteiger partial charge in [0.2, 0.25) is 5.91 Å². The van der Waals surface area contributed by atoms with E-state index >= 15 is 0 Å². The first-order chi connectivity index (χ1) is 10.6. The number of nitrogens with one attached hydrogen (secondary N) is 2. The molecule has 5 nitrogen and oxygen atoms in total. The SMILES string of the molecule is COc1ccc(S[C@H](C)C(=O)NC(=O)NC2CCCC2)cc1. The minimum atomic E-state index is -0.390. The second-order valence-electron chi connectivity index (χ2n) is 5.38. The molecule has 0 aromatic heterocycles. The second-order valence-corrected chi connectivity index (χ2v) is 6.79. The molecule has 0 radical (unpaired) electrons. The number of carbonyl (C=O) groups excluding carboxylic acids is 2. The molecule has 1 atom stereocenters. The number of methoxy groups -OCH3 is 1. The first-order valence-electron chi connectivity index (χ1n) is 7.50. The highest BCUT2D eigenvalue weighted by molar-refractivity contribution is 8.00. The van der Waals surface area contributed by atoms with Crippen LogP contribution in [0.5, 0.6) is 5.75 Å². The summed E-state index contributed by atoms with van der Waals surface area (Å²) in [6, 6.07) is 7.30. The predicted molar refractivity (Wildman–Crippen MR) is 87.2 cm³/mol. The quantitative estimate of drug-likeness (QED) is 0.818. The number of hydrogen-bond acceptors (Lipinski definition) is 4. The average molecular weight is 322 g/mol. The fourth-order valence-corrected chi connectivity index (χ4v) is 3.28. The molecule has 1 aliphatic rings. The van der Waals surface area contributed by atoms with Crippen molar-refractivity contribution in [2.75, 3.05) is 7.11 Å². The van der Waals surface area contributed by atoms with E-state index in [2.05, 4.69) is 10.6 Å². The number of hydrogen-bond donors (Lipinski definition) is 2. The van der Waals surface area contributed by atoms with Crippen LogP contribution in [0.4, 0.5) is 4.79 Å². The zero-order valence-electron chi connectivity index (χ0n) is 12.9. The molecule has 0 bridgehead atoms. The van der Waals surface area contributed by atoms with Crippen molar-refractivity contribution in [3.05, 3.63) is 24.3 Å². The van der Waals surface area contributed by atoms with Crippen LogP contribution in [-0.4, -0.2) is 30.3 Å². The Kier molecular flexibility index (Phi) is 6.12. The first-order valence-corrected chi connectivity index (χ1v) is 8.38. The Labute approximate surface area is 135 Å². The largest absolute Gasteiger partial charge is 0.497 e. The van der Waals surface area contributed by atoms with Gasteiger partial charge in [-0.15, -0.1) is 11.8 Å². The average Bonchev–Trinajstić information content (AvgIpc) is 3.00. The van der Waals surface area contributed by atoms with Crippen LogP contribution in [0.1, 0.15) is 32.6 Å². The number of carbonyl (C=O) groups is 2. The van der Waals surface area contributed by atoms with Gasteiger partial charge in [0.25, 0.3) is 0 Å². The Morgan fingerprint density at radius 3 is 2.45 bits per heavy atom. The molecule has 1 saturated carbocycles. The molecule has 1 aromatic rings. The van der Waals surface area contributed by atoms with Gasteiger partial charge < -0.3 is 10.1 Å². The van der Waals surface area contributed by atoms with Gasteiger partial charge in [0.15, 0.2) is 0 Å². The van der Waals surface area contributed by atoms with Gasteiger partial charge in [-0.3, -0.25) is 10.1 Å². The molecular weight excluding hydrogens is 300 g/mol. The number of imide groups is 1. The number of rotatable bonds is 5. The monoisotopic (exact) mass is 322 g/mol. The molecule has 0 heterocycles. The van der Waals surface area contributed by atoms with E-state index in [1.165, 1.54) is 11.8 Å². The Balaban J connectivity index is 1.79. The summed E-state index contributed by atoms with van der Waals surface area (Å²) in [6.45, 7) is 1.78. The standard InChI is InChI=1S/C16H22N2O3S/c1-11(22-14-9-7-13(21-2)8-10-14)15(19)18-16(20)17-12-5-3-4-6-12/h7-12H,3-6H2,1-2H3,(H2,17,18,19,20)/t11-/m1/s1. The number of benzene rings is 1. The number of urea groups is 1. The summed E-state index contributed by atoms with van der Waals surface area (Å²) in [5.41, 5.74) is 0. The minimum Gasteiger partial charge on any atom is -0.497 e. The van der Waals surface area contributed by atoms with Crippen LogP contribution in [0.15, 0.2) is 29.2 Å². The molecule has 0 unspecified atom stereocenters. The highest BCUT2D eigenvalue weighted by Gasteiger charge is 2.21. The number of thioether (sulfide) groups is 1. The molecular formula is C16H22N2O3S. The van der Waals surface area contributed by atoms with Gasteiger partial charge in [-0.25, -0.2) is 4.79 Å². The Bertz CT molecular complexity index is 513. The van der Waals surface area contributed by atoms with Crippen molar-refractivity contribution in [1.29, 1.82) is 0 Å². The molecule has 2 rings (SSSR count). The van der Waals surface area contributed by atoms with Crippen molar-refractivity contribution in [3.8, 4) is 5.75 Å². The zero-order chi connectivity index (χ0) is 15.9. The summed E-state index contributed by atoms with van der Waals surface area (Å²) in [4.78, 5) is 24.8. The Morgan fingerprint density at radius 2 is 1.86 bits per heavy atom. The lowest BCUT2D eigenvalue weighted by Crippen LogP contribution is -2.45.